The summed E-state index contributed by atoms with van der Waals surface area (Å²) in [5, 5.41) is 0. The summed E-state index contributed by atoms with van der Waals surface area (Å²) in [7, 11) is 0. The Morgan fingerprint density at radius 2 is 1.03 bits per heavy atom. The van der Waals surface area contributed by atoms with Gasteiger partial charge in [0.1, 0.15) is 5.75 Å². The smallest absolute Gasteiger partial charge is 0.122 e. The molecule has 0 atom stereocenters. The van der Waals surface area contributed by atoms with Crippen LogP contribution in [0.3, 0.4) is 0 Å². The molecule has 0 unspecified atom stereocenters. The summed E-state index contributed by atoms with van der Waals surface area (Å²) in [6, 6.07) is 28.8. The second-order valence-corrected chi connectivity index (χ2v) is 23.1. The van der Waals surface area contributed by atoms with Crippen LogP contribution in [0.2, 0.25) is 0 Å². The van der Waals surface area contributed by atoms with Gasteiger partial charge in [-0.1, -0.05) is 180 Å². The van der Waals surface area contributed by atoms with E-state index in [9.17, 15) is 0 Å². The van der Waals surface area contributed by atoms with Crippen LogP contribution in [-0.2, 0) is 41.6 Å². The van der Waals surface area contributed by atoms with E-state index in [4.69, 9.17) is 23.7 Å². The molecular weight excluding hydrogens is 837 g/mol. The van der Waals surface area contributed by atoms with Crippen LogP contribution in [0, 0.1) is 24.7 Å². The van der Waals surface area contributed by atoms with E-state index in [0.29, 0.717) is 5.41 Å². The molecule has 0 radical (unpaired) electrons. The minimum atomic E-state index is -0.463. The molecule has 68 heavy (non-hydrogen) atoms. The van der Waals surface area contributed by atoms with Crippen LogP contribution in [0.4, 0.5) is 0 Å². The molecule has 1 aliphatic carbocycles. The summed E-state index contributed by atoms with van der Waals surface area (Å²) >= 11 is 0. The van der Waals surface area contributed by atoms with Gasteiger partial charge in [-0.15, -0.1) is 0 Å². The Hall–Kier alpha value is -3.48. The van der Waals surface area contributed by atoms with Gasteiger partial charge in [0, 0.05) is 24.0 Å². The molecule has 2 saturated heterocycles. The minimum absolute atomic E-state index is 0.0230. The van der Waals surface area contributed by atoms with Crippen LogP contribution < -0.4 is 4.74 Å². The van der Waals surface area contributed by atoms with Crippen molar-refractivity contribution >= 4 is 0 Å². The van der Waals surface area contributed by atoms with Crippen molar-refractivity contribution in [3.63, 3.8) is 0 Å². The lowest BCUT2D eigenvalue weighted by Crippen LogP contribution is -2.45. The van der Waals surface area contributed by atoms with Crippen molar-refractivity contribution in [2.45, 2.75) is 183 Å². The molecule has 0 bridgehead atoms. The van der Waals surface area contributed by atoms with Gasteiger partial charge in [0.05, 0.1) is 51.7 Å². The van der Waals surface area contributed by atoms with Crippen molar-refractivity contribution in [2.75, 3.05) is 59.5 Å². The van der Waals surface area contributed by atoms with Crippen molar-refractivity contribution in [3.8, 4) is 16.9 Å². The molecule has 7 rings (SSSR count). The maximum absolute atomic E-state index is 6.62. The molecular formula is C63H92O5. The van der Waals surface area contributed by atoms with Crippen molar-refractivity contribution < 1.29 is 23.7 Å². The Bertz CT molecular complexity index is 2120. The number of aryl methyl sites for hydroxylation is 3. The number of hydrogen-bond acceptors (Lipinski definition) is 5. The van der Waals surface area contributed by atoms with Gasteiger partial charge in [0.2, 0.25) is 0 Å². The molecule has 5 heteroatoms. The molecule has 2 aliphatic heterocycles. The van der Waals surface area contributed by atoms with Crippen molar-refractivity contribution in [3.05, 3.63) is 123 Å². The molecule has 0 spiro atoms. The quantitative estimate of drug-likeness (QED) is 0.0577. The molecule has 0 saturated carbocycles. The Labute approximate surface area is 414 Å². The Morgan fingerprint density at radius 3 is 1.49 bits per heavy atom. The SMILES string of the molecule is CCCCCCCOCC1(CC)COC1.CCCc1cc(C2(c3cc(C)ccc3C)c3cc(C(C)(C)C)ccc3-c3ccc(C(C)(C)C)cc32)ccc1OCCCCCCOCC1(CC)COC1. The zero-order valence-corrected chi connectivity index (χ0v) is 45.0. The number of unbranched alkanes of at least 4 members (excludes halogenated alkanes) is 7. The van der Waals surface area contributed by atoms with E-state index in [1.807, 2.05) is 0 Å². The first-order chi connectivity index (χ1) is 32.6. The molecule has 374 valence electrons. The predicted octanol–water partition coefficient (Wildman–Crippen LogP) is 16.0. The van der Waals surface area contributed by atoms with E-state index in [0.717, 1.165) is 104 Å². The maximum atomic E-state index is 6.62. The van der Waals surface area contributed by atoms with Gasteiger partial charge in [-0.25, -0.2) is 0 Å². The summed E-state index contributed by atoms with van der Waals surface area (Å²) < 4.78 is 29.1. The summed E-state index contributed by atoms with van der Waals surface area (Å²) in [5.41, 5.74) is 15.1. The van der Waals surface area contributed by atoms with Crippen molar-refractivity contribution in [1.29, 1.82) is 0 Å². The number of benzene rings is 4. The van der Waals surface area contributed by atoms with Crippen LogP contribution in [0.25, 0.3) is 11.1 Å². The number of hydrogen-bond donors (Lipinski definition) is 0. The zero-order chi connectivity index (χ0) is 49.0. The predicted molar refractivity (Wildman–Crippen MR) is 286 cm³/mol. The lowest BCUT2D eigenvalue weighted by atomic mass is 9.64. The van der Waals surface area contributed by atoms with Crippen LogP contribution >= 0.6 is 0 Å². The lowest BCUT2D eigenvalue weighted by molar-refractivity contribution is -0.150. The topological polar surface area (TPSA) is 46.2 Å². The van der Waals surface area contributed by atoms with E-state index < -0.39 is 5.41 Å². The molecule has 0 amide bonds. The molecule has 0 N–H and O–H groups in total. The van der Waals surface area contributed by atoms with Crippen LogP contribution in [0.5, 0.6) is 5.75 Å². The van der Waals surface area contributed by atoms with Gasteiger partial charge in [0.25, 0.3) is 0 Å². The van der Waals surface area contributed by atoms with Gasteiger partial charge in [-0.05, 0) is 131 Å². The maximum Gasteiger partial charge on any atom is 0.122 e. The molecule has 5 nitrogen and oxygen atoms in total. The van der Waals surface area contributed by atoms with Crippen LogP contribution in [-0.4, -0.2) is 59.5 Å². The third-order valence-electron chi connectivity index (χ3n) is 15.5. The first-order valence-corrected chi connectivity index (χ1v) is 27.0. The number of rotatable bonds is 24. The molecule has 4 aromatic rings. The molecule has 4 aromatic carbocycles. The standard InChI is InChI=1S/C50H66O3.C13H26O2/c1-11-17-37-29-40(22-25-46(37)53-27-16-14-13-15-26-51-32-49(12-2)33-52-34-49)50(43-28-35(3)18-19-36(43)4)44-30-38(47(5,6)7)20-23-41(44)42-24-21-39(31-45(42)50)48(8,9)10;1-3-5-6-7-8-9-14-10-13(4-2)11-15-12-13/h18-25,28-31H,11-17,26-27,32-34H2,1-10H3;3-12H2,1-2H3. The average molecular weight is 929 g/mol. The van der Waals surface area contributed by atoms with Gasteiger partial charge in [-0.3, -0.25) is 0 Å². The third kappa shape index (κ3) is 12.7. The van der Waals surface area contributed by atoms with E-state index in [1.165, 1.54) is 106 Å². The lowest BCUT2D eigenvalue weighted by Gasteiger charge is -2.40. The second kappa shape index (κ2) is 24.1. The normalized spacial score (nSPS) is 16.5. The van der Waals surface area contributed by atoms with Gasteiger partial charge in [0.15, 0.2) is 0 Å². The number of fused-ring (bicyclic) bond motifs is 3. The highest BCUT2D eigenvalue weighted by Crippen LogP contribution is 2.58. The fourth-order valence-electron chi connectivity index (χ4n) is 10.4. The minimum Gasteiger partial charge on any atom is -0.493 e. The fourth-order valence-corrected chi connectivity index (χ4v) is 10.4. The molecule has 3 aliphatic rings. The summed E-state index contributed by atoms with van der Waals surface area (Å²) in [5.74, 6) is 1.04. The van der Waals surface area contributed by atoms with Crippen LogP contribution in [0.1, 0.15) is 196 Å². The highest BCUT2D eigenvalue weighted by molar-refractivity contribution is 5.87. The Kier molecular flexibility index (Phi) is 19.1. The third-order valence-corrected chi connectivity index (χ3v) is 15.5. The Morgan fingerprint density at radius 1 is 0.515 bits per heavy atom. The first-order valence-electron chi connectivity index (χ1n) is 27.0. The van der Waals surface area contributed by atoms with E-state index >= 15 is 0 Å². The molecule has 0 aromatic heterocycles. The van der Waals surface area contributed by atoms with Crippen LogP contribution in [0.15, 0.2) is 72.8 Å². The monoisotopic (exact) mass is 929 g/mol. The van der Waals surface area contributed by atoms with Gasteiger partial charge >= 0.3 is 0 Å². The van der Waals surface area contributed by atoms with Crippen molar-refractivity contribution in [2.24, 2.45) is 10.8 Å². The second-order valence-electron chi connectivity index (χ2n) is 23.1. The van der Waals surface area contributed by atoms with Gasteiger partial charge < -0.3 is 23.7 Å². The zero-order valence-electron chi connectivity index (χ0n) is 45.0. The largest absolute Gasteiger partial charge is 0.493 e. The van der Waals surface area contributed by atoms with Gasteiger partial charge in [-0.2, -0.15) is 0 Å². The summed E-state index contributed by atoms with van der Waals surface area (Å²) in [6.07, 6.45) is 15.4. The number of ether oxygens (including phenoxy) is 5. The average Bonchev–Trinajstić information content (AvgIpc) is 3.57. The van der Waals surface area contributed by atoms with Crippen molar-refractivity contribution in [1.82, 2.24) is 0 Å². The molecule has 2 heterocycles. The van der Waals surface area contributed by atoms with E-state index in [-0.39, 0.29) is 16.2 Å². The van der Waals surface area contributed by atoms with E-state index in [2.05, 4.69) is 156 Å². The fraction of sp³-hybridized carbons (Fsp3) is 0.619. The summed E-state index contributed by atoms with van der Waals surface area (Å²) in [6.45, 7) is 35.3. The van der Waals surface area contributed by atoms with E-state index in [1.54, 1.807) is 0 Å². The first kappa shape index (κ1) is 53.9. The Balaban J connectivity index is 0.000000433. The highest BCUT2D eigenvalue weighted by atomic mass is 16.5. The summed E-state index contributed by atoms with van der Waals surface area (Å²) in [4.78, 5) is 0. The molecule has 2 fully saturated rings. The highest BCUT2D eigenvalue weighted by Gasteiger charge is 2.48.